The third-order valence-electron chi connectivity index (χ3n) is 3.28. The number of benzene rings is 1. The van der Waals surface area contributed by atoms with Gasteiger partial charge in [-0.25, -0.2) is 0 Å². The number of carbonyl (C=O) groups is 1. The topological polar surface area (TPSA) is 59.0 Å². The van der Waals surface area contributed by atoms with Gasteiger partial charge in [0.1, 0.15) is 5.75 Å². The highest BCUT2D eigenvalue weighted by Gasteiger charge is 2.30. The maximum Gasteiger partial charge on any atom is 0.387 e. The highest BCUT2D eigenvalue weighted by atomic mass is 19.3. The number of nitrogens with zero attached hydrogens (tertiary/aromatic N) is 1. The van der Waals surface area contributed by atoms with Gasteiger partial charge in [-0.05, 0) is 25.1 Å². The van der Waals surface area contributed by atoms with Gasteiger partial charge in [-0.2, -0.15) is 8.78 Å². The van der Waals surface area contributed by atoms with Crippen molar-refractivity contribution in [2.24, 2.45) is 0 Å². The normalized spacial score (nSPS) is 22.4. The van der Waals surface area contributed by atoms with Gasteiger partial charge in [0, 0.05) is 12.1 Å². The Morgan fingerprint density at radius 3 is 3.00 bits per heavy atom. The van der Waals surface area contributed by atoms with Crippen LogP contribution in [0, 0.1) is 0 Å². The Balaban J connectivity index is 2.14. The number of hydrogen-bond donors (Lipinski definition) is 1. The summed E-state index contributed by atoms with van der Waals surface area (Å²) in [6, 6.07) is 5.52. The summed E-state index contributed by atoms with van der Waals surface area (Å²) in [5, 5.41) is 9.12. The predicted molar refractivity (Wildman–Crippen MR) is 70.4 cm³/mol. The van der Waals surface area contributed by atoms with E-state index in [9.17, 15) is 13.6 Å². The number of rotatable bonds is 4. The number of ether oxygens (including phenoxy) is 2. The SMILES string of the molecule is CC1COC(CO)CN1C(=O)c1cccc(OC(F)F)c1. The molecule has 21 heavy (non-hydrogen) atoms. The highest BCUT2D eigenvalue weighted by molar-refractivity contribution is 5.94. The first-order valence-corrected chi connectivity index (χ1v) is 6.59. The van der Waals surface area contributed by atoms with Gasteiger partial charge in [0.2, 0.25) is 0 Å². The molecule has 1 aliphatic rings. The fourth-order valence-corrected chi connectivity index (χ4v) is 2.18. The minimum atomic E-state index is -2.93. The van der Waals surface area contributed by atoms with Crippen molar-refractivity contribution in [1.29, 1.82) is 0 Å². The van der Waals surface area contributed by atoms with E-state index in [0.717, 1.165) is 0 Å². The van der Waals surface area contributed by atoms with Crippen molar-refractivity contribution in [1.82, 2.24) is 4.90 Å². The quantitative estimate of drug-likeness (QED) is 0.916. The van der Waals surface area contributed by atoms with E-state index in [2.05, 4.69) is 4.74 Å². The average molecular weight is 301 g/mol. The Kier molecular flexibility index (Phi) is 5.08. The van der Waals surface area contributed by atoms with Crippen molar-refractivity contribution in [3.8, 4) is 5.75 Å². The van der Waals surface area contributed by atoms with Crippen LogP contribution in [0.5, 0.6) is 5.75 Å². The lowest BCUT2D eigenvalue weighted by Crippen LogP contribution is -2.52. The maximum atomic E-state index is 12.5. The number of carbonyl (C=O) groups excluding carboxylic acids is 1. The van der Waals surface area contributed by atoms with Crippen LogP contribution in [0.1, 0.15) is 17.3 Å². The van der Waals surface area contributed by atoms with Gasteiger partial charge in [0.25, 0.3) is 5.91 Å². The molecular formula is C14H17F2NO4. The fourth-order valence-electron chi connectivity index (χ4n) is 2.18. The third kappa shape index (κ3) is 3.89. The van der Waals surface area contributed by atoms with Crippen LogP contribution in [-0.4, -0.2) is 54.4 Å². The second-order valence-electron chi connectivity index (χ2n) is 4.85. The first kappa shape index (κ1) is 15.7. The largest absolute Gasteiger partial charge is 0.435 e. The van der Waals surface area contributed by atoms with E-state index in [0.29, 0.717) is 6.61 Å². The molecule has 7 heteroatoms. The molecule has 0 bridgehead atoms. The summed E-state index contributed by atoms with van der Waals surface area (Å²) in [5.41, 5.74) is 0.263. The molecule has 5 nitrogen and oxygen atoms in total. The van der Waals surface area contributed by atoms with E-state index < -0.39 is 12.7 Å². The second-order valence-corrected chi connectivity index (χ2v) is 4.85. The summed E-state index contributed by atoms with van der Waals surface area (Å²) in [7, 11) is 0. The number of halogens is 2. The second kappa shape index (κ2) is 6.82. The van der Waals surface area contributed by atoms with Gasteiger partial charge in [-0.3, -0.25) is 4.79 Å². The number of alkyl halides is 2. The van der Waals surface area contributed by atoms with E-state index in [1.54, 1.807) is 4.90 Å². The van der Waals surface area contributed by atoms with Gasteiger partial charge < -0.3 is 19.5 Å². The van der Waals surface area contributed by atoms with Gasteiger partial charge in [-0.15, -0.1) is 0 Å². The first-order chi connectivity index (χ1) is 10.0. The molecule has 1 N–H and O–H groups in total. The van der Waals surface area contributed by atoms with Crippen LogP contribution in [-0.2, 0) is 4.74 Å². The number of hydrogen-bond acceptors (Lipinski definition) is 4. The van der Waals surface area contributed by atoms with Crippen LogP contribution >= 0.6 is 0 Å². The summed E-state index contributed by atoms with van der Waals surface area (Å²) in [6.07, 6.45) is -0.425. The molecule has 1 heterocycles. The molecule has 1 fully saturated rings. The van der Waals surface area contributed by atoms with E-state index in [-0.39, 0.29) is 36.4 Å². The van der Waals surface area contributed by atoms with Crippen LogP contribution in [0.2, 0.25) is 0 Å². The van der Waals surface area contributed by atoms with Gasteiger partial charge >= 0.3 is 6.61 Å². The summed E-state index contributed by atoms with van der Waals surface area (Å²) < 4.78 is 34.1. The average Bonchev–Trinajstić information content (AvgIpc) is 2.46. The minimum Gasteiger partial charge on any atom is -0.435 e. The minimum absolute atomic E-state index is 0.0597. The molecule has 1 aromatic carbocycles. The van der Waals surface area contributed by atoms with Crippen molar-refractivity contribution in [2.75, 3.05) is 19.8 Å². The van der Waals surface area contributed by atoms with E-state index in [4.69, 9.17) is 9.84 Å². The number of amides is 1. The smallest absolute Gasteiger partial charge is 0.387 e. The van der Waals surface area contributed by atoms with Crippen LogP contribution in [0.15, 0.2) is 24.3 Å². The molecule has 0 aromatic heterocycles. The van der Waals surface area contributed by atoms with Crippen LogP contribution < -0.4 is 4.74 Å². The lowest BCUT2D eigenvalue weighted by molar-refractivity contribution is -0.0668. The van der Waals surface area contributed by atoms with Crippen molar-refractivity contribution < 1.29 is 28.2 Å². The number of morpholine rings is 1. The molecule has 116 valence electrons. The summed E-state index contributed by atoms with van der Waals surface area (Å²) in [6.45, 7) is -0.701. The lowest BCUT2D eigenvalue weighted by Gasteiger charge is -2.37. The number of aliphatic hydroxyl groups excluding tert-OH is 1. The Labute approximate surface area is 121 Å². The molecule has 1 aromatic rings. The Hall–Kier alpha value is -1.73. The maximum absolute atomic E-state index is 12.5. The predicted octanol–water partition coefficient (Wildman–Crippen LogP) is 1.51. The Morgan fingerprint density at radius 1 is 1.57 bits per heavy atom. The zero-order chi connectivity index (χ0) is 15.4. The zero-order valence-electron chi connectivity index (χ0n) is 11.5. The molecule has 0 radical (unpaired) electrons. The molecule has 1 saturated heterocycles. The van der Waals surface area contributed by atoms with E-state index in [1.165, 1.54) is 24.3 Å². The Morgan fingerprint density at radius 2 is 2.33 bits per heavy atom. The fraction of sp³-hybridized carbons (Fsp3) is 0.500. The summed E-state index contributed by atoms with van der Waals surface area (Å²) in [5.74, 6) is -0.362. The van der Waals surface area contributed by atoms with Crippen LogP contribution in [0.3, 0.4) is 0 Å². The highest BCUT2D eigenvalue weighted by Crippen LogP contribution is 2.20. The monoisotopic (exact) mass is 301 g/mol. The molecule has 0 aliphatic carbocycles. The first-order valence-electron chi connectivity index (χ1n) is 6.59. The van der Waals surface area contributed by atoms with E-state index in [1.807, 2.05) is 6.92 Å². The van der Waals surface area contributed by atoms with Crippen molar-refractivity contribution in [3.05, 3.63) is 29.8 Å². The zero-order valence-corrected chi connectivity index (χ0v) is 11.5. The van der Waals surface area contributed by atoms with E-state index >= 15 is 0 Å². The molecule has 2 unspecified atom stereocenters. The molecule has 2 rings (SSSR count). The molecule has 1 aliphatic heterocycles. The van der Waals surface area contributed by atoms with Crippen molar-refractivity contribution >= 4 is 5.91 Å². The van der Waals surface area contributed by atoms with Crippen molar-refractivity contribution in [2.45, 2.75) is 25.7 Å². The molecule has 2 atom stereocenters. The van der Waals surface area contributed by atoms with Crippen LogP contribution in [0.4, 0.5) is 8.78 Å². The van der Waals surface area contributed by atoms with Gasteiger partial charge in [0.15, 0.2) is 0 Å². The standard InChI is InChI=1S/C14H17F2NO4/c1-9-8-20-12(7-18)6-17(9)13(19)10-3-2-4-11(5-10)21-14(15)16/h2-5,9,12,14,18H,6-8H2,1H3. The van der Waals surface area contributed by atoms with Gasteiger partial charge in [0.05, 0.1) is 25.4 Å². The molecular weight excluding hydrogens is 284 g/mol. The summed E-state index contributed by atoms with van der Waals surface area (Å²) in [4.78, 5) is 14.0. The van der Waals surface area contributed by atoms with Crippen molar-refractivity contribution in [3.63, 3.8) is 0 Å². The van der Waals surface area contributed by atoms with Gasteiger partial charge in [-0.1, -0.05) is 6.07 Å². The lowest BCUT2D eigenvalue weighted by atomic mass is 10.1. The molecule has 0 saturated carbocycles. The number of aliphatic hydroxyl groups is 1. The molecule has 0 spiro atoms. The van der Waals surface area contributed by atoms with Crippen LogP contribution in [0.25, 0.3) is 0 Å². The Bertz CT molecular complexity index is 498. The summed E-state index contributed by atoms with van der Waals surface area (Å²) >= 11 is 0. The third-order valence-corrected chi connectivity index (χ3v) is 3.28. The molecule has 1 amide bonds.